The predicted molar refractivity (Wildman–Crippen MR) is 170 cm³/mol. The summed E-state index contributed by atoms with van der Waals surface area (Å²) < 4.78 is 36.3. The molecule has 2 amide bonds. The van der Waals surface area contributed by atoms with Crippen LogP contribution in [0.5, 0.6) is 0 Å². The van der Waals surface area contributed by atoms with Crippen LogP contribution in [0.1, 0.15) is 43.2 Å². The molecule has 4 atom stereocenters. The normalized spacial score (nSPS) is 24.7. The van der Waals surface area contributed by atoms with E-state index in [1.54, 1.807) is 11.9 Å². The van der Waals surface area contributed by atoms with Gasteiger partial charge in [0.05, 0.1) is 24.2 Å². The fourth-order valence-electron chi connectivity index (χ4n) is 6.96. The maximum absolute atomic E-state index is 14.2. The lowest BCUT2D eigenvalue weighted by atomic mass is 9.73. The van der Waals surface area contributed by atoms with Crippen LogP contribution in [0.15, 0.2) is 65.8 Å². The summed E-state index contributed by atoms with van der Waals surface area (Å²) in [6.07, 6.45) is 3.80. The van der Waals surface area contributed by atoms with Gasteiger partial charge in [0, 0.05) is 33.1 Å². The third-order valence-corrected chi connectivity index (χ3v) is 11.0. The highest BCUT2D eigenvalue weighted by molar-refractivity contribution is 7.90. The molecule has 2 aromatic carbocycles. The molecule has 3 aliphatic rings. The van der Waals surface area contributed by atoms with Crippen molar-refractivity contribution in [3.05, 3.63) is 71.8 Å². The van der Waals surface area contributed by atoms with Gasteiger partial charge in [0.15, 0.2) is 0 Å². The number of piperidine rings is 1. The van der Waals surface area contributed by atoms with E-state index < -0.39 is 26.7 Å². The number of nitrogens with zero attached hydrogens (tertiary/aromatic N) is 4. The van der Waals surface area contributed by atoms with Gasteiger partial charge in [-0.2, -0.15) is 5.10 Å². The molecule has 0 radical (unpaired) electrons. The smallest absolute Gasteiger partial charge is 0.256 e. The molecule has 1 aliphatic carbocycles. The molecule has 5 rings (SSSR count). The number of ether oxygens (including phenoxy) is 1. The van der Waals surface area contributed by atoms with Gasteiger partial charge in [-0.1, -0.05) is 67.1 Å². The second-order valence-electron chi connectivity index (χ2n) is 12.8. The highest BCUT2D eigenvalue weighted by Crippen LogP contribution is 2.38. The van der Waals surface area contributed by atoms with Gasteiger partial charge in [-0.05, 0) is 56.8 Å². The number of nitrogens with one attached hydrogen (secondary N) is 1. The van der Waals surface area contributed by atoms with E-state index in [1.807, 2.05) is 74.8 Å². The Balaban J connectivity index is 1.36. The van der Waals surface area contributed by atoms with Crippen molar-refractivity contribution in [3.63, 3.8) is 0 Å². The first-order valence-electron chi connectivity index (χ1n) is 15.5. The average Bonchev–Trinajstić information content (AvgIpc) is 3.25. The van der Waals surface area contributed by atoms with Gasteiger partial charge < -0.3 is 14.5 Å². The molecule has 238 valence electrons. The molecule has 44 heavy (non-hydrogen) atoms. The van der Waals surface area contributed by atoms with Crippen LogP contribution in [-0.2, 0) is 37.4 Å². The monoisotopic (exact) mass is 623 g/mol. The molecule has 10 nitrogen and oxygen atoms in total. The Hall–Kier alpha value is -3.12. The van der Waals surface area contributed by atoms with Gasteiger partial charge in [-0.3, -0.25) is 9.59 Å². The Morgan fingerprint density at radius 3 is 2.45 bits per heavy atom. The van der Waals surface area contributed by atoms with Crippen LogP contribution in [0.4, 0.5) is 0 Å². The summed E-state index contributed by atoms with van der Waals surface area (Å²) in [4.78, 5) is 31.6. The van der Waals surface area contributed by atoms with E-state index in [1.165, 1.54) is 5.01 Å². The fraction of sp³-hybridized carbons (Fsp3) is 0.545. The topological polar surface area (TPSA) is 112 Å². The number of hydrogen-bond acceptors (Lipinski definition) is 7. The maximum Gasteiger partial charge on any atom is 0.256 e. The van der Waals surface area contributed by atoms with Crippen LogP contribution >= 0.6 is 0 Å². The van der Waals surface area contributed by atoms with Crippen LogP contribution in [0, 0.1) is 11.3 Å². The van der Waals surface area contributed by atoms with Crippen LogP contribution < -0.4 is 4.72 Å². The predicted octanol–water partition coefficient (Wildman–Crippen LogP) is 2.90. The van der Waals surface area contributed by atoms with E-state index in [0.29, 0.717) is 32.2 Å². The molecule has 2 fully saturated rings. The summed E-state index contributed by atoms with van der Waals surface area (Å²) in [6.45, 7) is 1.45. The first kappa shape index (κ1) is 32.3. The summed E-state index contributed by atoms with van der Waals surface area (Å²) in [5.41, 5.74) is 1.69. The molecule has 1 N–H and O–H groups in total. The highest BCUT2D eigenvalue weighted by atomic mass is 32.2. The van der Waals surface area contributed by atoms with Crippen LogP contribution in [0.2, 0.25) is 0 Å². The van der Waals surface area contributed by atoms with Crippen LogP contribution in [-0.4, -0.2) is 99.4 Å². The summed E-state index contributed by atoms with van der Waals surface area (Å²) in [5.74, 6) is -0.247. The second kappa shape index (κ2) is 13.9. The third kappa shape index (κ3) is 7.39. The van der Waals surface area contributed by atoms with E-state index >= 15 is 0 Å². The number of benzene rings is 2. The van der Waals surface area contributed by atoms with Gasteiger partial charge in [-0.25, -0.2) is 18.1 Å². The first-order valence-corrected chi connectivity index (χ1v) is 17.1. The van der Waals surface area contributed by atoms with Crippen molar-refractivity contribution in [1.82, 2.24) is 19.5 Å². The number of likely N-dealkylation sites (tertiary alicyclic amines) is 1. The van der Waals surface area contributed by atoms with Gasteiger partial charge in [0.2, 0.25) is 15.9 Å². The number of rotatable bonds is 12. The van der Waals surface area contributed by atoms with Crippen molar-refractivity contribution < 1.29 is 22.7 Å². The molecule has 2 aliphatic heterocycles. The summed E-state index contributed by atoms with van der Waals surface area (Å²) in [5, 5.41) is 5.36. The summed E-state index contributed by atoms with van der Waals surface area (Å²) in [7, 11) is 1.82. The fourth-order valence-corrected chi connectivity index (χ4v) is 8.72. The lowest BCUT2D eigenvalue weighted by molar-refractivity contribution is -0.141. The van der Waals surface area contributed by atoms with E-state index in [4.69, 9.17) is 4.74 Å². The Morgan fingerprint density at radius 1 is 1.09 bits per heavy atom. The molecular formula is C33H45N5O5S. The number of hydrogen-bond donors (Lipinski definition) is 1. The standard InChI is InChI=1S/C33H45N5O5S/c1-36(2)21-27-15-10-16-28(19-27)44(41,42)35-29(23-43-22-26-13-8-5-9-14-26)31(39)38-18-17-30-33(24-38,32(40)37(3)34-30)20-25-11-6-4-7-12-25/h4-9,11-14,27-29,35H,10,15-24H2,1-3H3. The minimum atomic E-state index is -3.83. The maximum atomic E-state index is 14.2. The van der Waals surface area contributed by atoms with Gasteiger partial charge in [0.1, 0.15) is 11.5 Å². The molecule has 0 spiro atoms. The zero-order valence-electron chi connectivity index (χ0n) is 26.0. The van der Waals surface area contributed by atoms with E-state index in [0.717, 1.165) is 36.2 Å². The number of carbonyl (C=O) groups is 2. The number of carbonyl (C=O) groups excluding carboxylic acids is 2. The molecular weight excluding hydrogens is 578 g/mol. The Labute approximate surface area is 261 Å². The lowest BCUT2D eigenvalue weighted by Gasteiger charge is -2.40. The summed E-state index contributed by atoms with van der Waals surface area (Å²) >= 11 is 0. The molecule has 11 heteroatoms. The largest absolute Gasteiger partial charge is 0.375 e. The number of amides is 2. The first-order chi connectivity index (χ1) is 21.1. The van der Waals surface area contributed by atoms with Gasteiger partial charge in [-0.15, -0.1) is 0 Å². The Morgan fingerprint density at radius 2 is 1.77 bits per heavy atom. The second-order valence-corrected chi connectivity index (χ2v) is 14.8. The van der Waals surface area contributed by atoms with Crippen molar-refractivity contribution >= 4 is 27.5 Å². The minimum absolute atomic E-state index is 0.113. The van der Waals surface area contributed by atoms with Crippen molar-refractivity contribution in [1.29, 1.82) is 0 Å². The highest BCUT2D eigenvalue weighted by Gasteiger charge is 2.54. The van der Waals surface area contributed by atoms with E-state index in [-0.39, 0.29) is 37.5 Å². The molecule has 1 saturated carbocycles. The van der Waals surface area contributed by atoms with Crippen molar-refractivity contribution in [2.75, 3.05) is 47.4 Å². The third-order valence-electron chi connectivity index (χ3n) is 9.06. The zero-order chi connectivity index (χ0) is 31.3. The Bertz CT molecular complexity index is 1430. The minimum Gasteiger partial charge on any atom is -0.375 e. The quantitative estimate of drug-likeness (QED) is 0.389. The van der Waals surface area contributed by atoms with Crippen LogP contribution in [0.25, 0.3) is 0 Å². The number of hydrazone groups is 1. The summed E-state index contributed by atoms with van der Waals surface area (Å²) in [6, 6.07) is 18.2. The Kier molecular flexibility index (Phi) is 10.2. The number of fused-ring (bicyclic) bond motifs is 1. The van der Waals surface area contributed by atoms with Gasteiger partial charge >= 0.3 is 0 Å². The molecule has 2 heterocycles. The molecule has 1 saturated heterocycles. The molecule has 0 bridgehead atoms. The van der Waals surface area contributed by atoms with Crippen molar-refractivity contribution in [3.8, 4) is 0 Å². The zero-order valence-corrected chi connectivity index (χ0v) is 26.8. The SMILES string of the molecule is CN(C)CC1CCCC(S(=O)(=O)NC(COCc2ccccc2)C(=O)N2CCC3=NN(C)C(=O)C3(Cc3ccccc3)C2)C1. The van der Waals surface area contributed by atoms with Gasteiger partial charge in [0.25, 0.3) is 5.91 Å². The average molecular weight is 624 g/mol. The van der Waals surface area contributed by atoms with E-state index in [2.05, 4.69) is 14.7 Å². The van der Waals surface area contributed by atoms with E-state index in [9.17, 15) is 18.0 Å². The molecule has 2 aromatic rings. The van der Waals surface area contributed by atoms with Crippen LogP contribution in [0.3, 0.4) is 0 Å². The van der Waals surface area contributed by atoms with Crippen molar-refractivity contribution in [2.24, 2.45) is 16.4 Å². The van der Waals surface area contributed by atoms with Crippen molar-refractivity contribution in [2.45, 2.75) is 56.4 Å². The number of sulfonamides is 1. The molecule has 4 unspecified atom stereocenters. The lowest BCUT2D eigenvalue weighted by Crippen LogP contribution is -2.60. The molecule has 0 aromatic heterocycles.